The molecule has 8 nitrogen and oxygen atoms in total. The lowest BCUT2D eigenvalue weighted by molar-refractivity contribution is 0.370. The highest BCUT2D eigenvalue weighted by Crippen LogP contribution is 2.38. The fourth-order valence-electron chi connectivity index (χ4n) is 3.67. The first-order valence-corrected chi connectivity index (χ1v) is 13.7. The second-order valence-corrected chi connectivity index (χ2v) is 11.5. The van der Waals surface area contributed by atoms with E-state index in [-0.39, 0.29) is 10.6 Å². The molecule has 0 fully saturated rings. The van der Waals surface area contributed by atoms with Crippen LogP contribution >= 0.6 is 0 Å². The maximum atomic E-state index is 13.5. The number of hydrazone groups is 1. The van der Waals surface area contributed by atoms with Crippen LogP contribution < -0.4 is 9.46 Å². The molecule has 10 heteroatoms. The van der Waals surface area contributed by atoms with Gasteiger partial charge in [-0.2, -0.15) is 17.9 Å². The molecule has 1 atom stereocenters. The predicted molar refractivity (Wildman–Crippen MR) is 132 cm³/mol. The summed E-state index contributed by atoms with van der Waals surface area (Å²) in [5, 5.41) is 4.52. The Kier molecular flexibility index (Phi) is 6.63. The molecule has 4 rings (SSSR count). The van der Waals surface area contributed by atoms with E-state index < -0.39 is 26.1 Å². The summed E-state index contributed by atoms with van der Waals surface area (Å²) in [4.78, 5) is 0.142. The Morgan fingerprint density at radius 3 is 2.32 bits per heavy atom. The van der Waals surface area contributed by atoms with Gasteiger partial charge in [0.1, 0.15) is 5.75 Å². The molecule has 0 aromatic heterocycles. The molecule has 34 heavy (non-hydrogen) atoms. The first-order valence-electron chi connectivity index (χ1n) is 10.7. The molecule has 0 unspecified atom stereocenters. The Bertz CT molecular complexity index is 1400. The van der Waals surface area contributed by atoms with Crippen LogP contribution in [0.25, 0.3) is 0 Å². The minimum absolute atomic E-state index is 0.0547. The third-order valence-electron chi connectivity index (χ3n) is 5.51. The molecular formula is C24H25N3O5S2. The maximum Gasteiger partial charge on any atom is 0.279 e. The average molecular weight is 500 g/mol. The van der Waals surface area contributed by atoms with E-state index in [1.807, 2.05) is 12.1 Å². The first kappa shape index (κ1) is 23.8. The van der Waals surface area contributed by atoms with E-state index >= 15 is 0 Å². The average Bonchev–Trinajstić information content (AvgIpc) is 3.31. The van der Waals surface area contributed by atoms with Crippen LogP contribution in [0.1, 0.15) is 30.5 Å². The summed E-state index contributed by atoms with van der Waals surface area (Å²) in [6, 6.07) is 21.6. The summed E-state index contributed by atoms with van der Waals surface area (Å²) in [6.07, 6.45) is 0.322. The Morgan fingerprint density at radius 2 is 1.68 bits per heavy atom. The summed E-state index contributed by atoms with van der Waals surface area (Å²) in [7, 11) is -5.82. The van der Waals surface area contributed by atoms with Crippen molar-refractivity contribution in [2.45, 2.75) is 24.3 Å². The van der Waals surface area contributed by atoms with Gasteiger partial charge in [0.2, 0.25) is 10.0 Å². The van der Waals surface area contributed by atoms with Crippen molar-refractivity contribution in [1.29, 1.82) is 0 Å². The summed E-state index contributed by atoms with van der Waals surface area (Å²) >= 11 is 0. The van der Waals surface area contributed by atoms with Crippen LogP contribution in [0.2, 0.25) is 0 Å². The van der Waals surface area contributed by atoms with E-state index in [1.54, 1.807) is 68.6 Å². The van der Waals surface area contributed by atoms with E-state index in [0.717, 1.165) is 9.98 Å². The van der Waals surface area contributed by atoms with Crippen molar-refractivity contribution < 1.29 is 21.6 Å². The zero-order valence-corrected chi connectivity index (χ0v) is 20.4. The Labute approximate surface area is 200 Å². The normalized spacial score (nSPS) is 16.2. The number of sulfonamides is 2. The highest BCUT2D eigenvalue weighted by atomic mass is 32.2. The fourth-order valence-corrected chi connectivity index (χ4v) is 5.76. The summed E-state index contributed by atoms with van der Waals surface area (Å²) in [6.45, 7) is 1.55. The number of ether oxygens (including phenoxy) is 1. The quantitative estimate of drug-likeness (QED) is 0.504. The molecular weight excluding hydrogens is 474 g/mol. The predicted octanol–water partition coefficient (Wildman–Crippen LogP) is 4.00. The molecule has 178 valence electrons. The molecule has 3 aromatic carbocycles. The van der Waals surface area contributed by atoms with Crippen molar-refractivity contribution in [3.8, 4) is 5.75 Å². The fraction of sp³-hybridized carbons (Fsp3) is 0.208. The number of anilines is 1. The Morgan fingerprint density at radius 1 is 0.971 bits per heavy atom. The Hall–Kier alpha value is -3.37. The highest BCUT2D eigenvalue weighted by molar-refractivity contribution is 7.92. The molecule has 0 aliphatic carbocycles. The molecule has 0 bridgehead atoms. The zero-order chi connectivity index (χ0) is 24.3. The molecule has 0 saturated heterocycles. The lowest BCUT2D eigenvalue weighted by Gasteiger charge is -2.23. The number of hydrogen-bond donors (Lipinski definition) is 1. The van der Waals surface area contributed by atoms with Crippen LogP contribution in [0, 0.1) is 0 Å². The van der Waals surface area contributed by atoms with Gasteiger partial charge in [-0.3, -0.25) is 4.72 Å². The topological polar surface area (TPSA) is 105 Å². The van der Waals surface area contributed by atoms with Crippen molar-refractivity contribution in [3.05, 3.63) is 90.0 Å². The van der Waals surface area contributed by atoms with Crippen LogP contribution in [0.5, 0.6) is 5.75 Å². The maximum absolute atomic E-state index is 13.5. The smallest absolute Gasteiger partial charge is 0.279 e. The lowest BCUT2D eigenvalue weighted by atomic mass is 9.99. The molecule has 0 radical (unpaired) electrons. The van der Waals surface area contributed by atoms with Gasteiger partial charge in [0.05, 0.1) is 29.5 Å². The van der Waals surface area contributed by atoms with Crippen molar-refractivity contribution in [1.82, 2.24) is 4.41 Å². The van der Waals surface area contributed by atoms with Crippen LogP contribution in [-0.2, 0) is 20.0 Å². The van der Waals surface area contributed by atoms with Gasteiger partial charge < -0.3 is 4.74 Å². The van der Waals surface area contributed by atoms with Crippen LogP contribution in [0.3, 0.4) is 0 Å². The van der Waals surface area contributed by atoms with E-state index in [9.17, 15) is 16.8 Å². The second-order valence-electron chi connectivity index (χ2n) is 7.72. The van der Waals surface area contributed by atoms with Crippen molar-refractivity contribution >= 4 is 31.4 Å². The third-order valence-corrected chi connectivity index (χ3v) is 8.51. The summed E-state index contributed by atoms with van der Waals surface area (Å²) < 4.78 is 59.9. The SMILES string of the molecule is CCS(=O)(=O)Nc1cccc(C2=NN(S(=O)(=O)c3ccccc3)[C@@H](c3ccc(OC)cc3)C2)c1. The molecule has 1 N–H and O–H groups in total. The molecule has 3 aromatic rings. The minimum atomic E-state index is -3.93. The zero-order valence-electron chi connectivity index (χ0n) is 18.7. The van der Waals surface area contributed by atoms with Gasteiger partial charge in [0.15, 0.2) is 0 Å². The van der Waals surface area contributed by atoms with Gasteiger partial charge in [0.25, 0.3) is 10.0 Å². The first-order chi connectivity index (χ1) is 16.2. The van der Waals surface area contributed by atoms with Gasteiger partial charge in [-0.1, -0.05) is 42.5 Å². The van der Waals surface area contributed by atoms with E-state index in [1.165, 1.54) is 12.1 Å². The summed E-state index contributed by atoms with van der Waals surface area (Å²) in [5.41, 5.74) is 2.34. The van der Waals surface area contributed by atoms with E-state index in [2.05, 4.69) is 9.82 Å². The molecule has 1 aliphatic heterocycles. The number of nitrogens with one attached hydrogen (secondary N) is 1. The lowest BCUT2D eigenvalue weighted by Crippen LogP contribution is -2.27. The van der Waals surface area contributed by atoms with E-state index in [0.29, 0.717) is 29.1 Å². The second kappa shape index (κ2) is 9.47. The van der Waals surface area contributed by atoms with Crippen LogP contribution in [0.15, 0.2) is 88.9 Å². The number of methoxy groups -OCH3 is 1. The molecule has 1 aliphatic rings. The number of hydrogen-bond acceptors (Lipinski definition) is 6. The van der Waals surface area contributed by atoms with Crippen molar-refractivity contribution in [2.75, 3.05) is 17.6 Å². The highest BCUT2D eigenvalue weighted by Gasteiger charge is 2.37. The Balaban J connectivity index is 1.75. The largest absolute Gasteiger partial charge is 0.497 e. The van der Waals surface area contributed by atoms with Crippen molar-refractivity contribution in [3.63, 3.8) is 0 Å². The van der Waals surface area contributed by atoms with Gasteiger partial charge in [0, 0.05) is 12.1 Å². The van der Waals surface area contributed by atoms with Gasteiger partial charge in [-0.15, -0.1) is 0 Å². The van der Waals surface area contributed by atoms with Crippen LogP contribution in [-0.4, -0.2) is 39.8 Å². The monoisotopic (exact) mass is 499 g/mol. The van der Waals surface area contributed by atoms with Crippen LogP contribution in [0.4, 0.5) is 5.69 Å². The summed E-state index contributed by atoms with van der Waals surface area (Å²) in [5.74, 6) is 0.608. The number of rotatable bonds is 8. The van der Waals surface area contributed by atoms with E-state index in [4.69, 9.17) is 4.74 Å². The minimum Gasteiger partial charge on any atom is -0.497 e. The standard InChI is InChI=1S/C24H25N3O5S2/c1-3-33(28,29)26-20-9-7-8-19(16-20)23-17-24(18-12-14-21(32-2)15-13-18)27(25-23)34(30,31)22-10-5-4-6-11-22/h4-16,24,26H,3,17H2,1-2H3/t24-/m1/s1. The third kappa shape index (κ3) is 4.92. The molecule has 0 saturated carbocycles. The van der Waals surface area contributed by atoms with Gasteiger partial charge in [-0.05, 0) is 54.4 Å². The van der Waals surface area contributed by atoms with Crippen molar-refractivity contribution in [2.24, 2.45) is 5.10 Å². The van der Waals surface area contributed by atoms with Gasteiger partial charge >= 0.3 is 0 Å². The molecule has 1 heterocycles. The van der Waals surface area contributed by atoms with Gasteiger partial charge in [-0.25, -0.2) is 8.42 Å². The molecule has 0 spiro atoms. The molecule has 0 amide bonds. The number of nitrogens with zero attached hydrogens (tertiary/aromatic N) is 2. The number of benzene rings is 3.